The molecule has 0 aliphatic rings. The minimum Gasteiger partial charge on any atom is -0.398 e. The third-order valence-electron chi connectivity index (χ3n) is 1.98. The Labute approximate surface area is 101 Å². The van der Waals surface area contributed by atoms with E-state index in [4.69, 9.17) is 17.3 Å². The van der Waals surface area contributed by atoms with E-state index in [2.05, 4.69) is 15.9 Å². The van der Waals surface area contributed by atoms with Crippen molar-refractivity contribution in [1.29, 1.82) is 0 Å². The van der Waals surface area contributed by atoms with Gasteiger partial charge in [-0.15, -0.1) is 0 Å². The van der Waals surface area contributed by atoms with Crippen molar-refractivity contribution in [2.24, 2.45) is 0 Å². The second-order valence-electron chi connectivity index (χ2n) is 3.06. The average molecular weight is 291 g/mol. The second-order valence-corrected chi connectivity index (χ2v) is 4.31. The van der Waals surface area contributed by atoms with Crippen LogP contribution in [0, 0.1) is 0 Å². The van der Waals surface area contributed by atoms with Gasteiger partial charge in [-0.3, -0.25) is 9.59 Å². The number of hydrogen-bond acceptors (Lipinski definition) is 3. The van der Waals surface area contributed by atoms with E-state index in [0.29, 0.717) is 5.56 Å². The van der Waals surface area contributed by atoms with Gasteiger partial charge in [0.05, 0.1) is 10.4 Å². The van der Waals surface area contributed by atoms with Crippen LogP contribution in [0.15, 0.2) is 18.2 Å². The van der Waals surface area contributed by atoms with E-state index in [1.54, 1.807) is 12.1 Å². The number of ketones is 1. The topological polar surface area (TPSA) is 60.2 Å². The van der Waals surface area contributed by atoms with Crippen molar-refractivity contribution in [1.82, 2.24) is 0 Å². The van der Waals surface area contributed by atoms with Crippen LogP contribution in [0.2, 0.25) is 0 Å². The Balaban J connectivity index is 3.26. The molecular weight excluding hydrogens is 281 g/mol. The first-order valence-corrected chi connectivity index (χ1v) is 5.47. The van der Waals surface area contributed by atoms with Crippen molar-refractivity contribution in [3.05, 3.63) is 29.3 Å². The molecule has 0 aliphatic carbocycles. The molecule has 0 aromatic heterocycles. The number of para-hydroxylation sites is 1. The number of carbonyl (C=O) groups excluding carboxylic acids is 2. The SMILES string of the molecule is CC(=O)C(Br)c1cccc(C(=O)Cl)c1N. The molecule has 3 nitrogen and oxygen atoms in total. The number of halogens is 2. The summed E-state index contributed by atoms with van der Waals surface area (Å²) in [6.07, 6.45) is 0. The number of nitrogen functional groups attached to an aromatic ring is 1. The van der Waals surface area contributed by atoms with E-state index in [9.17, 15) is 9.59 Å². The van der Waals surface area contributed by atoms with E-state index < -0.39 is 10.1 Å². The fraction of sp³-hybridized carbons (Fsp3) is 0.200. The lowest BCUT2D eigenvalue weighted by Crippen LogP contribution is -2.08. The molecule has 1 atom stereocenters. The van der Waals surface area contributed by atoms with Gasteiger partial charge in [0, 0.05) is 5.69 Å². The summed E-state index contributed by atoms with van der Waals surface area (Å²) in [5.74, 6) is -0.0825. The highest BCUT2D eigenvalue weighted by atomic mass is 79.9. The number of nitrogens with two attached hydrogens (primary N) is 1. The summed E-state index contributed by atoms with van der Waals surface area (Å²) in [5.41, 5.74) is 6.77. The number of hydrogen-bond donors (Lipinski definition) is 1. The number of anilines is 1. The smallest absolute Gasteiger partial charge is 0.254 e. The molecule has 0 saturated heterocycles. The van der Waals surface area contributed by atoms with Crippen molar-refractivity contribution in [2.45, 2.75) is 11.8 Å². The van der Waals surface area contributed by atoms with Crippen molar-refractivity contribution in [3.8, 4) is 0 Å². The Morgan fingerprint density at radius 1 is 1.47 bits per heavy atom. The maximum atomic E-state index is 11.2. The number of rotatable bonds is 3. The van der Waals surface area contributed by atoms with Gasteiger partial charge >= 0.3 is 0 Å². The van der Waals surface area contributed by atoms with Crippen LogP contribution in [0.25, 0.3) is 0 Å². The molecule has 1 unspecified atom stereocenters. The highest BCUT2D eigenvalue weighted by Gasteiger charge is 2.18. The number of Topliss-reactive ketones (excluding diaryl/α,β-unsaturated/α-hetero) is 1. The molecule has 0 heterocycles. The number of carbonyl (C=O) groups is 2. The second kappa shape index (κ2) is 4.77. The Bertz CT molecular complexity index is 420. The minimum absolute atomic E-state index is 0.0825. The average Bonchev–Trinajstić information content (AvgIpc) is 2.16. The van der Waals surface area contributed by atoms with Crippen molar-refractivity contribution in [3.63, 3.8) is 0 Å². The van der Waals surface area contributed by atoms with Gasteiger partial charge in [0.25, 0.3) is 5.24 Å². The summed E-state index contributed by atoms with van der Waals surface area (Å²) in [6, 6.07) is 4.84. The highest BCUT2D eigenvalue weighted by molar-refractivity contribution is 9.09. The molecular formula is C10H9BrClNO2. The Morgan fingerprint density at radius 3 is 2.53 bits per heavy atom. The van der Waals surface area contributed by atoms with Gasteiger partial charge < -0.3 is 5.73 Å². The standard InChI is InChI=1S/C10H9BrClNO2/c1-5(14)8(11)6-3-2-4-7(9(6)13)10(12)15/h2-4,8H,13H2,1H3. The summed E-state index contributed by atoms with van der Waals surface area (Å²) >= 11 is 8.55. The van der Waals surface area contributed by atoms with Crippen LogP contribution in [0.5, 0.6) is 0 Å². The monoisotopic (exact) mass is 289 g/mol. The van der Waals surface area contributed by atoms with E-state index in [-0.39, 0.29) is 17.0 Å². The zero-order valence-corrected chi connectivity index (χ0v) is 10.3. The summed E-state index contributed by atoms with van der Waals surface area (Å²) in [4.78, 5) is 21.6. The molecule has 15 heavy (non-hydrogen) atoms. The fourth-order valence-electron chi connectivity index (χ4n) is 1.19. The molecule has 5 heteroatoms. The lowest BCUT2D eigenvalue weighted by Gasteiger charge is -2.11. The van der Waals surface area contributed by atoms with Gasteiger partial charge in [-0.25, -0.2) is 0 Å². The molecule has 1 rings (SSSR count). The highest BCUT2D eigenvalue weighted by Crippen LogP contribution is 2.31. The fourth-order valence-corrected chi connectivity index (χ4v) is 1.76. The van der Waals surface area contributed by atoms with E-state index >= 15 is 0 Å². The molecule has 1 aromatic rings. The van der Waals surface area contributed by atoms with Gasteiger partial charge in [-0.05, 0) is 30.2 Å². The van der Waals surface area contributed by atoms with Gasteiger partial charge in [-0.1, -0.05) is 28.1 Å². The number of benzene rings is 1. The van der Waals surface area contributed by atoms with E-state index in [1.807, 2.05) is 0 Å². The first-order valence-electron chi connectivity index (χ1n) is 4.18. The molecule has 0 saturated carbocycles. The maximum Gasteiger partial charge on any atom is 0.254 e. The van der Waals surface area contributed by atoms with Gasteiger partial charge in [-0.2, -0.15) is 0 Å². The van der Waals surface area contributed by atoms with Crippen LogP contribution in [-0.2, 0) is 4.79 Å². The third kappa shape index (κ3) is 2.58. The molecule has 0 fully saturated rings. The molecule has 0 amide bonds. The third-order valence-corrected chi connectivity index (χ3v) is 3.32. The zero-order valence-electron chi connectivity index (χ0n) is 7.96. The van der Waals surface area contributed by atoms with Crippen LogP contribution in [0.1, 0.15) is 27.7 Å². The summed E-state index contributed by atoms with van der Waals surface area (Å²) in [7, 11) is 0. The molecule has 0 radical (unpaired) electrons. The van der Waals surface area contributed by atoms with Gasteiger partial charge in [0.1, 0.15) is 5.78 Å². The van der Waals surface area contributed by atoms with Gasteiger partial charge in [0.15, 0.2) is 0 Å². The predicted octanol–water partition coefficient (Wildman–Crippen LogP) is 2.67. The van der Waals surface area contributed by atoms with Crippen molar-refractivity contribution >= 4 is 44.2 Å². The van der Waals surface area contributed by atoms with Crippen LogP contribution in [-0.4, -0.2) is 11.0 Å². The van der Waals surface area contributed by atoms with Crippen LogP contribution in [0.3, 0.4) is 0 Å². The van der Waals surface area contributed by atoms with E-state index in [1.165, 1.54) is 13.0 Å². The summed E-state index contributed by atoms with van der Waals surface area (Å²) < 4.78 is 0. The lowest BCUT2D eigenvalue weighted by atomic mass is 10.0. The first kappa shape index (κ1) is 12.2. The molecule has 2 N–H and O–H groups in total. The normalized spacial score (nSPS) is 12.2. The quantitative estimate of drug-likeness (QED) is 0.529. The molecule has 0 spiro atoms. The number of alkyl halides is 1. The molecule has 1 aromatic carbocycles. The largest absolute Gasteiger partial charge is 0.398 e. The maximum absolute atomic E-state index is 11.2. The molecule has 0 aliphatic heterocycles. The van der Waals surface area contributed by atoms with Crippen LogP contribution < -0.4 is 5.73 Å². The lowest BCUT2D eigenvalue weighted by molar-refractivity contribution is -0.116. The summed E-state index contributed by atoms with van der Waals surface area (Å²) in [5, 5.41) is -0.627. The Kier molecular flexibility index (Phi) is 3.88. The Hall–Kier alpha value is -0.870. The van der Waals surface area contributed by atoms with Crippen molar-refractivity contribution < 1.29 is 9.59 Å². The zero-order chi connectivity index (χ0) is 11.6. The van der Waals surface area contributed by atoms with Crippen LogP contribution in [0.4, 0.5) is 5.69 Å². The summed E-state index contributed by atoms with van der Waals surface area (Å²) in [6.45, 7) is 1.44. The first-order chi connectivity index (χ1) is 6.95. The minimum atomic E-state index is -0.627. The predicted molar refractivity (Wildman–Crippen MR) is 63.4 cm³/mol. The van der Waals surface area contributed by atoms with Crippen LogP contribution >= 0.6 is 27.5 Å². The molecule has 80 valence electrons. The van der Waals surface area contributed by atoms with Gasteiger partial charge in [0.2, 0.25) is 0 Å². The van der Waals surface area contributed by atoms with E-state index in [0.717, 1.165) is 0 Å². The molecule has 0 bridgehead atoms. The Morgan fingerprint density at radius 2 is 2.07 bits per heavy atom. The van der Waals surface area contributed by atoms with Crippen molar-refractivity contribution in [2.75, 3.05) is 5.73 Å².